The lowest BCUT2D eigenvalue weighted by Crippen LogP contribution is -2.14. The topological polar surface area (TPSA) is 37.2 Å². The van der Waals surface area contributed by atoms with E-state index in [0.29, 0.717) is 12.0 Å². The Labute approximate surface area is 154 Å². The van der Waals surface area contributed by atoms with Crippen molar-refractivity contribution >= 4 is 17.7 Å². The Bertz CT molecular complexity index is 860. The van der Waals surface area contributed by atoms with Gasteiger partial charge in [0.1, 0.15) is 5.82 Å². The van der Waals surface area contributed by atoms with Gasteiger partial charge in [-0.2, -0.15) is 0 Å². The van der Waals surface area contributed by atoms with Gasteiger partial charge in [-0.15, -0.1) is 0 Å². The molecule has 0 radical (unpaired) electrons. The predicted molar refractivity (Wildman–Crippen MR) is 104 cm³/mol. The molecule has 1 unspecified atom stereocenters. The summed E-state index contributed by atoms with van der Waals surface area (Å²) in [5.41, 5.74) is 5.52. The van der Waals surface area contributed by atoms with Gasteiger partial charge < -0.3 is 9.74 Å². The highest BCUT2D eigenvalue weighted by Gasteiger charge is 2.27. The van der Waals surface area contributed by atoms with Crippen LogP contribution in [0.1, 0.15) is 41.7 Å². The molecule has 0 amide bonds. The highest BCUT2D eigenvalue weighted by Crippen LogP contribution is 2.33. The molecular formula is C21H24FN3O. The number of hydrogen-bond acceptors (Lipinski definition) is 3. The Morgan fingerprint density at radius 3 is 2.77 bits per heavy atom. The summed E-state index contributed by atoms with van der Waals surface area (Å²) in [5, 5.41) is 4.23. The molecule has 1 aliphatic rings. The predicted octanol–water partition coefficient (Wildman–Crippen LogP) is 4.92. The van der Waals surface area contributed by atoms with Crippen molar-refractivity contribution in [2.24, 2.45) is 10.1 Å². The maximum Gasteiger partial charge on any atom is 0.161 e. The van der Waals surface area contributed by atoms with Gasteiger partial charge in [-0.25, -0.2) is 9.38 Å². The average Bonchev–Trinajstić information content (AvgIpc) is 3.11. The van der Waals surface area contributed by atoms with Gasteiger partial charge in [-0.1, -0.05) is 23.4 Å². The molecule has 0 aromatic heterocycles. The van der Waals surface area contributed by atoms with Crippen molar-refractivity contribution in [1.82, 2.24) is 4.90 Å². The number of aliphatic imine (C=N–C) groups is 1. The van der Waals surface area contributed by atoms with Crippen molar-refractivity contribution in [3.63, 3.8) is 0 Å². The summed E-state index contributed by atoms with van der Waals surface area (Å²) in [6.07, 6.45) is 2.02. The van der Waals surface area contributed by atoms with Gasteiger partial charge in [-0.3, -0.25) is 0 Å². The Kier molecular flexibility index (Phi) is 5.35. The Morgan fingerprint density at radius 2 is 2.04 bits per heavy atom. The first-order chi connectivity index (χ1) is 12.5. The Morgan fingerprint density at radius 1 is 1.27 bits per heavy atom. The summed E-state index contributed by atoms with van der Waals surface area (Å²) >= 11 is 0. The number of nitrogens with zero attached hydrogens (tertiary/aromatic N) is 3. The van der Waals surface area contributed by atoms with Gasteiger partial charge in [0.25, 0.3) is 0 Å². The summed E-state index contributed by atoms with van der Waals surface area (Å²) in [6.45, 7) is 7.06. The summed E-state index contributed by atoms with van der Waals surface area (Å²) < 4.78 is 14.0. The number of aryl methyl sites for hydroxylation is 2. The quantitative estimate of drug-likeness (QED) is 0.565. The van der Waals surface area contributed by atoms with E-state index in [9.17, 15) is 4.39 Å². The van der Waals surface area contributed by atoms with E-state index in [2.05, 4.69) is 29.2 Å². The Hall–Kier alpha value is -2.69. The van der Waals surface area contributed by atoms with E-state index in [1.54, 1.807) is 12.1 Å². The molecule has 0 saturated heterocycles. The van der Waals surface area contributed by atoms with Crippen LogP contribution in [0, 0.1) is 19.7 Å². The van der Waals surface area contributed by atoms with Crippen LogP contribution in [0.3, 0.4) is 0 Å². The van der Waals surface area contributed by atoms with Crippen molar-refractivity contribution in [2.75, 3.05) is 13.6 Å². The number of rotatable bonds is 5. The molecule has 0 bridgehead atoms. The van der Waals surface area contributed by atoms with Crippen LogP contribution in [-0.4, -0.2) is 30.5 Å². The van der Waals surface area contributed by atoms with Gasteiger partial charge in [0.2, 0.25) is 0 Å². The maximum absolute atomic E-state index is 14.0. The zero-order chi connectivity index (χ0) is 18.7. The highest BCUT2D eigenvalue weighted by molar-refractivity contribution is 6.03. The molecule has 0 spiro atoms. The maximum atomic E-state index is 14.0. The molecule has 0 fully saturated rings. The number of benzene rings is 2. The van der Waals surface area contributed by atoms with Crippen LogP contribution in [0.25, 0.3) is 0 Å². The van der Waals surface area contributed by atoms with Crippen LogP contribution >= 0.6 is 0 Å². The van der Waals surface area contributed by atoms with Crippen LogP contribution < -0.4 is 0 Å². The molecule has 26 heavy (non-hydrogen) atoms. The molecule has 4 nitrogen and oxygen atoms in total. The average molecular weight is 353 g/mol. The minimum Gasteiger partial charge on any atom is -0.387 e. The lowest BCUT2D eigenvalue weighted by molar-refractivity contribution is 0.0830. The molecule has 2 aromatic rings. The van der Waals surface area contributed by atoms with E-state index in [4.69, 9.17) is 4.84 Å². The minimum atomic E-state index is -0.373. The lowest BCUT2D eigenvalue weighted by Gasteiger charge is -2.12. The number of oxime groups is 1. The van der Waals surface area contributed by atoms with Crippen LogP contribution in [0.4, 0.5) is 10.1 Å². The SMILES string of the molecule is CCN(C)C=Nc1cc(C)c(C2=NOC(c3ccccc3F)C2)cc1C. The first kappa shape index (κ1) is 18.1. The van der Waals surface area contributed by atoms with Crippen molar-refractivity contribution < 1.29 is 9.23 Å². The summed E-state index contributed by atoms with van der Waals surface area (Å²) in [7, 11) is 1.99. The van der Waals surface area contributed by atoms with Gasteiger partial charge >= 0.3 is 0 Å². The normalized spacial score (nSPS) is 16.7. The molecule has 2 aromatic carbocycles. The van der Waals surface area contributed by atoms with E-state index in [0.717, 1.165) is 34.6 Å². The molecule has 1 atom stereocenters. The Balaban J connectivity index is 1.81. The zero-order valence-electron chi connectivity index (χ0n) is 15.7. The van der Waals surface area contributed by atoms with Crippen LogP contribution in [-0.2, 0) is 4.84 Å². The second-order valence-electron chi connectivity index (χ2n) is 6.63. The fraction of sp³-hybridized carbons (Fsp3) is 0.333. The molecule has 0 N–H and O–H groups in total. The summed E-state index contributed by atoms with van der Waals surface area (Å²) in [5.74, 6) is -0.258. The third kappa shape index (κ3) is 3.77. The van der Waals surface area contributed by atoms with Crippen molar-refractivity contribution in [3.8, 4) is 0 Å². The molecule has 3 rings (SSSR count). The first-order valence-corrected chi connectivity index (χ1v) is 8.82. The van der Waals surface area contributed by atoms with E-state index in [1.165, 1.54) is 6.07 Å². The van der Waals surface area contributed by atoms with E-state index < -0.39 is 0 Å². The molecule has 1 aliphatic heterocycles. The summed E-state index contributed by atoms with van der Waals surface area (Å²) in [6, 6.07) is 10.8. The third-order valence-corrected chi connectivity index (χ3v) is 4.67. The van der Waals surface area contributed by atoms with Crippen molar-refractivity contribution in [3.05, 3.63) is 64.5 Å². The van der Waals surface area contributed by atoms with Crippen molar-refractivity contribution in [2.45, 2.75) is 33.3 Å². The van der Waals surface area contributed by atoms with Crippen LogP contribution in [0.5, 0.6) is 0 Å². The van der Waals surface area contributed by atoms with Crippen LogP contribution in [0.2, 0.25) is 0 Å². The molecule has 136 valence electrons. The highest BCUT2D eigenvalue weighted by atomic mass is 19.1. The third-order valence-electron chi connectivity index (χ3n) is 4.67. The van der Waals surface area contributed by atoms with Gasteiger partial charge in [0, 0.05) is 31.1 Å². The van der Waals surface area contributed by atoms with Crippen molar-refractivity contribution in [1.29, 1.82) is 0 Å². The number of hydrogen-bond donors (Lipinski definition) is 0. The van der Waals surface area contributed by atoms with E-state index >= 15 is 0 Å². The lowest BCUT2D eigenvalue weighted by atomic mass is 9.95. The zero-order valence-corrected chi connectivity index (χ0v) is 15.7. The fourth-order valence-electron chi connectivity index (χ4n) is 2.93. The minimum absolute atomic E-state index is 0.258. The first-order valence-electron chi connectivity index (χ1n) is 8.82. The van der Waals surface area contributed by atoms with E-state index in [-0.39, 0.29) is 11.9 Å². The molecule has 5 heteroatoms. The standard InChI is InChI=1S/C21H24FN3O/c1-5-25(4)13-23-19-11-14(2)17(10-15(19)3)20-12-21(26-24-20)16-8-6-7-9-18(16)22/h6-11,13,21H,5,12H2,1-4H3. The van der Waals surface area contributed by atoms with Gasteiger partial charge in [-0.05, 0) is 50.1 Å². The monoisotopic (exact) mass is 353 g/mol. The number of halogens is 1. The van der Waals surface area contributed by atoms with E-state index in [1.807, 2.05) is 38.2 Å². The van der Waals surface area contributed by atoms with Gasteiger partial charge in [0.15, 0.2) is 6.10 Å². The largest absolute Gasteiger partial charge is 0.387 e. The summed E-state index contributed by atoms with van der Waals surface area (Å²) in [4.78, 5) is 12.1. The fourth-order valence-corrected chi connectivity index (χ4v) is 2.93. The molecule has 0 saturated carbocycles. The van der Waals surface area contributed by atoms with Gasteiger partial charge in [0.05, 0.1) is 17.7 Å². The molecule has 1 heterocycles. The van der Waals surface area contributed by atoms with Crippen LogP contribution in [0.15, 0.2) is 46.5 Å². The molecule has 0 aliphatic carbocycles. The molecular weight excluding hydrogens is 329 g/mol. The second kappa shape index (κ2) is 7.68. The second-order valence-corrected chi connectivity index (χ2v) is 6.63. The smallest absolute Gasteiger partial charge is 0.161 e.